The number of carboxylic acid groups (broad SMARTS) is 1. The minimum Gasteiger partial charge on any atom is -0.508 e. The molecule has 4 heteroatoms. The molecule has 0 aliphatic carbocycles. The SMILES string of the molecule is Cc1ccc(O)c(CN(CC(=O)O)CC(C)C)c1. The first-order valence-electron chi connectivity index (χ1n) is 6.11. The van der Waals surface area contributed by atoms with Crippen LogP contribution in [-0.2, 0) is 11.3 Å². The van der Waals surface area contributed by atoms with Crippen LogP contribution in [0.4, 0.5) is 0 Å². The number of aromatic hydroxyl groups is 1. The number of carboxylic acids is 1. The number of aliphatic carboxylic acids is 1. The highest BCUT2D eigenvalue weighted by Gasteiger charge is 2.14. The zero-order valence-electron chi connectivity index (χ0n) is 11.2. The van der Waals surface area contributed by atoms with Gasteiger partial charge in [0.25, 0.3) is 0 Å². The molecule has 0 heterocycles. The molecule has 0 aromatic heterocycles. The highest BCUT2D eigenvalue weighted by Crippen LogP contribution is 2.20. The van der Waals surface area contributed by atoms with E-state index in [-0.39, 0.29) is 12.3 Å². The first-order valence-corrected chi connectivity index (χ1v) is 6.11. The summed E-state index contributed by atoms with van der Waals surface area (Å²) in [5, 5.41) is 18.7. The van der Waals surface area contributed by atoms with Gasteiger partial charge in [0.15, 0.2) is 0 Å². The second-order valence-electron chi connectivity index (χ2n) is 5.09. The van der Waals surface area contributed by atoms with Gasteiger partial charge in [-0.3, -0.25) is 9.69 Å². The molecule has 0 saturated heterocycles. The van der Waals surface area contributed by atoms with E-state index in [4.69, 9.17) is 5.11 Å². The Morgan fingerprint density at radius 2 is 2.06 bits per heavy atom. The van der Waals surface area contributed by atoms with E-state index in [1.807, 2.05) is 37.8 Å². The molecule has 1 rings (SSSR count). The fourth-order valence-electron chi connectivity index (χ4n) is 1.97. The average Bonchev–Trinajstić information content (AvgIpc) is 2.21. The molecule has 0 aliphatic rings. The summed E-state index contributed by atoms with van der Waals surface area (Å²) in [6.07, 6.45) is 0. The Bertz CT molecular complexity index is 416. The highest BCUT2D eigenvalue weighted by atomic mass is 16.4. The van der Waals surface area contributed by atoms with Crippen molar-refractivity contribution in [2.45, 2.75) is 27.3 Å². The van der Waals surface area contributed by atoms with E-state index >= 15 is 0 Å². The predicted molar refractivity (Wildman–Crippen MR) is 70.6 cm³/mol. The van der Waals surface area contributed by atoms with Gasteiger partial charge < -0.3 is 10.2 Å². The normalized spacial score (nSPS) is 11.2. The number of nitrogens with zero attached hydrogens (tertiary/aromatic N) is 1. The zero-order chi connectivity index (χ0) is 13.7. The van der Waals surface area contributed by atoms with Gasteiger partial charge in [0.2, 0.25) is 0 Å². The third-order valence-corrected chi connectivity index (χ3v) is 2.61. The Morgan fingerprint density at radius 1 is 1.39 bits per heavy atom. The Balaban J connectivity index is 2.81. The standard InChI is InChI=1S/C14H21NO3/c1-10(2)7-15(9-14(17)18)8-12-6-11(3)4-5-13(12)16/h4-6,10,16H,7-9H2,1-3H3,(H,17,18). The quantitative estimate of drug-likeness (QED) is 0.814. The lowest BCUT2D eigenvalue weighted by Gasteiger charge is -2.23. The maximum absolute atomic E-state index is 10.8. The van der Waals surface area contributed by atoms with Crippen molar-refractivity contribution < 1.29 is 15.0 Å². The highest BCUT2D eigenvalue weighted by molar-refractivity contribution is 5.69. The van der Waals surface area contributed by atoms with E-state index in [9.17, 15) is 9.90 Å². The molecule has 18 heavy (non-hydrogen) atoms. The van der Waals surface area contributed by atoms with Crippen LogP contribution in [0.5, 0.6) is 5.75 Å². The van der Waals surface area contributed by atoms with Gasteiger partial charge in [0.1, 0.15) is 5.75 Å². The Morgan fingerprint density at radius 3 is 2.61 bits per heavy atom. The first-order chi connectivity index (χ1) is 8.38. The van der Waals surface area contributed by atoms with Gasteiger partial charge in [-0.25, -0.2) is 0 Å². The molecule has 0 bridgehead atoms. The van der Waals surface area contributed by atoms with E-state index in [1.165, 1.54) is 0 Å². The van der Waals surface area contributed by atoms with Crippen LogP contribution in [0.3, 0.4) is 0 Å². The average molecular weight is 251 g/mol. The van der Waals surface area contributed by atoms with Crippen LogP contribution in [0, 0.1) is 12.8 Å². The molecule has 1 aromatic carbocycles. The third kappa shape index (κ3) is 4.75. The molecule has 0 fully saturated rings. The lowest BCUT2D eigenvalue weighted by atomic mass is 10.1. The van der Waals surface area contributed by atoms with Crippen molar-refractivity contribution >= 4 is 5.97 Å². The van der Waals surface area contributed by atoms with Crippen LogP contribution in [0.25, 0.3) is 0 Å². The van der Waals surface area contributed by atoms with Gasteiger partial charge in [0.05, 0.1) is 6.54 Å². The molecule has 0 atom stereocenters. The Labute approximate surface area is 108 Å². The van der Waals surface area contributed by atoms with Crippen LogP contribution in [-0.4, -0.2) is 34.2 Å². The minimum absolute atomic E-state index is 0.00837. The summed E-state index contributed by atoms with van der Waals surface area (Å²) in [5.41, 5.74) is 1.83. The lowest BCUT2D eigenvalue weighted by molar-refractivity contribution is -0.138. The van der Waals surface area contributed by atoms with Crippen LogP contribution in [0.15, 0.2) is 18.2 Å². The van der Waals surface area contributed by atoms with Gasteiger partial charge in [0, 0.05) is 18.7 Å². The van der Waals surface area contributed by atoms with Crippen LogP contribution < -0.4 is 0 Å². The van der Waals surface area contributed by atoms with Crippen molar-refractivity contribution in [3.05, 3.63) is 29.3 Å². The summed E-state index contributed by atoms with van der Waals surface area (Å²) >= 11 is 0. The predicted octanol–water partition coefficient (Wildman–Crippen LogP) is 2.24. The summed E-state index contributed by atoms with van der Waals surface area (Å²) in [7, 11) is 0. The molecular formula is C14H21NO3. The van der Waals surface area contributed by atoms with E-state index in [2.05, 4.69) is 0 Å². The van der Waals surface area contributed by atoms with Gasteiger partial charge in [-0.05, 0) is 18.9 Å². The Kier molecular flexibility index (Phi) is 5.16. The van der Waals surface area contributed by atoms with E-state index in [0.717, 1.165) is 11.1 Å². The van der Waals surface area contributed by atoms with Crippen molar-refractivity contribution in [3.8, 4) is 5.75 Å². The molecule has 0 saturated carbocycles. The lowest BCUT2D eigenvalue weighted by Crippen LogP contribution is -2.32. The maximum atomic E-state index is 10.8. The summed E-state index contributed by atoms with van der Waals surface area (Å²) < 4.78 is 0. The molecule has 0 aliphatic heterocycles. The zero-order valence-corrected chi connectivity index (χ0v) is 11.2. The van der Waals surface area contributed by atoms with Crippen molar-refractivity contribution in [3.63, 3.8) is 0 Å². The van der Waals surface area contributed by atoms with Crippen molar-refractivity contribution in [2.75, 3.05) is 13.1 Å². The topological polar surface area (TPSA) is 60.8 Å². The van der Waals surface area contributed by atoms with Crippen LogP contribution >= 0.6 is 0 Å². The largest absolute Gasteiger partial charge is 0.508 e. The fraction of sp³-hybridized carbons (Fsp3) is 0.500. The number of carbonyl (C=O) groups is 1. The van der Waals surface area contributed by atoms with Gasteiger partial charge in [-0.1, -0.05) is 31.5 Å². The number of phenolic OH excluding ortho intramolecular Hbond substituents is 1. The number of aryl methyl sites for hydroxylation is 1. The number of rotatable bonds is 6. The fourth-order valence-corrected chi connectivity index (χ4v) is 1.97. The van der Waals surface area contributed by atoms with Gasteiger partial charge in [-0.15, -0.1) is 0 Å². The number of hydrogen-bond donors (Lipinski definition) is 2. The molecule has 100 valence electrons. The second kappa shape index (κ2) is 6.40. The molecule has 1 aromatic rings. The van der Waals surface area contributed by atoms with Crippen LogP contribution in [0.1, 0.15) is 25.0 Å². The molecule has 0 amide bonds. The molecule has 0 spiro atoms. The van der Waals surface area contributed by atoms with Crippen LogP contribution in [0.2, 0.25) is 0 Å². The second-order valence-corrected chi connectivity index (χ2v) is 5.09. The monoisotopic (exact) mass is 251 g/mol. The van der Waals surface area contributed by atoms with E-state index in [1.54, 1.807) is 6.07 Å². The van der Waals surface area contributed by atoms with E-state index < -0.39 is 5.97 Å². The molecule has 2 N–H and O–H groups in total. The molecular weight excluding hydrogens is 230 g/mol. The van der Waals surface area contributed by atoms with Crippen molar-refractivity contribution in [2.24, 2.45) is 5.92 Å². The van der Waals surface area contributed by atoms with Gasteiger partial charge >= 0.3 is 5.97 Å². The maximum Gasteiger partial charge on any atom is 0.317 e. The summed E-state index contributed by atoms with van der Waals surface area (Å²) in [6, 6.07) is 5.38. The van der Waals surface area contributed by atoms with Crippen molar-refractivity contribution in [1.29, 1.82) is 0 Å². The number of phenols is 1. The minimum atomic E-state index is -0.845. The smallest absolute Gasteiger partial charge is 0.317 e. The van der Waals surface area contributed by atoms with Crippen molar-refractivity contribution in [1.82, 2.24) is 4.90 Å². The van der Waals surface area contributed by atoms with Gasteiger partial charge in [-0.2, -0.15) is 0 Å². The first kappa shape index (κ1) is 14.5. The summed E-state index contributed by atoms with van der Waals surface area (Å²) in [5.74, 6) is -0.237. The molecule has 4 nitrogen and oxygen atoms in total. The van der Waals surface area contributed by atoms with E-state index in [0.29, 0.717) is 19.0 Å². The Hall–Kier alpha value is -1.55. The molecule has 0 unspecified atom stereocenters. The number of benzene rings is 1. The third-order valence-electron chi connectivity index (χ3n) is 2.61. The summed E-state index contributed by atoms with van der Waals surface area (Å²) in [4.78, 5) is 12.7. The summed E-state index contributed by atoms with van der Waals surface area (Å²) in [6.45, 7) is 7.19. The number of hydrogen-bond acceptors (Lipinski definition) is 3. The molecule has 0 radical (unpaired) electrons.